The molecule has 1 fully saturated rings. The number of ether oxygens (including phenoxy) is 1. The molecule has 0 bridgehead atoms. The van der Waals surface area contributed by atoms with Crippen LogP contribution in [0.3, 0.4) is 0 Å². The summed E-state index contributed by atoms with van der Waals surface area (Å²) in [6.07, 6.45) is -0.899. The van der Waals surface area contributed by atoms with Gasteiger partial charge in [-0.15, -0.1) is 23.4 Å². The van der Waals surface area contributed by atoms with Crippen molar-refractivity contribution in [1.29, 1.82) is 0 Å². The lowest BCUT2D eigenvalue weighted by molar-refractivity contribution is -0.156. The Balaban J connectivity index is 1.62. The highest BCUT2D eigenvalue weighted by Crippen LogP contribution is 2.47. The molecule has 1 unspecified atom stereocenters. The number of aryl methyl sites for hydroxylation is 1. The Morgan fingerprint density at radius 2 is 1.79 bits per heavy atom. The van der Waals surface area contributed by atoms with Gasteiger partial charge in [0, 0.05) is 11.1 Å². The molecule has 2 aromatic rings. The third-order valence-corrected chi connectivity index (χ3v) is 8.81. The monoisotopic (exact) mass is 523 g/mol. The number of aliphatic carboxylic acids is 1. The van der Waals surface area contributed by atoms with Crippen LogP contribution < -0.4 is 4.74 Å². The fourth-order valence-electron chi connectivity index (χ4n) is 3.89. The third kappa shape index (κ3) is 4.55. The van der Waals surface area contributed by atoms with Crippen LogP contribution in [0.2, 0.25) is 0 Å². The molecular weight excluding hydrogens is 502 g/mol. The summed E-state index contributed by atoms with van der Waals surface area (Å²) in [5.41, 5.74) is 1.97. The second-order valence-electron chi connectivity index (χ2n) is 7.87. The normalized spacial score (nSPS) is 22.3. The highest BCUT2D eigenvalue weighted by atomic mass is 35.5. The number of fused-ring (bicyclic) bond motifs is 1. The largest absolute Gasteiger partial charge is 0.497 e. The molecule has 0 aliphatic carbocycles. The lowest BCUT2D eigenvalue weighted by Crippen LogP contribution is -2.67. The van der Waals surface area contributed by atoms with Crippen LogP contribution in [0.1, 0.15) is 11.1 Å². The molecule has 1 amide bonds. The number of methoxy groups -OCH3 is 1. The van der Waals surface area contributed by atoms with Crippen LogP contribution in [-0.2, 0) is 30.3 Å². The van der Waals surface area contributed by atoms with Gasteiger partial charge in [-0.1, -0.05) is 29.8 Å². The predicted octanol–water partition coefficient (Wildman–Crippen LogP) is 3.18. The molecule has 0 radical (unpaired) electrons. The number of alkyl halides is 1. The van der Waals surface area contributed by atoms with Gasteiger partial charge in [0.1, 0.15) is 16.8 Å². The van der Waals surface area contributed by atoms with Gasteiger partial charge in [0.2, 0.25) is 0 Å². The van der Waals surface area contributed by atoms with Crippen molar-refractivity contribution >= 4 is 45.4 Å². The molecule has 34 heavy (non-hydrogen) atoms. The topological polar surface area (TPSA) is 110 Å². The number of halogens is 1. The van der Waals surface area contributed by atoms with E-state index in [0.29, 0.717) is 17.7 Å². The number of carboxylic acids is 1. The van der Waals surface area contributed by atoms with E-state index in [4.69, 9.17) is 20.5 Å². The van der Waals surface area contributed by atoms with Crippen molar-refractivity contribution in [3.8, 4) is 5.75 Å². The standard InChI is InChI=1S/C23H22ClNO7S2/c1-13-3-9-16(10-4-13)34(29,30)32-20-21(26)25-19(23(27)28)17(12-24)18(33-22(20)25)11-14-5-7-15(31-2)8-6-14/h3-10,18,20,22H,11-12H2,1-2H3,(H,27,28)/t18?,20-,22+/m0/s1. The van der Waals surface area contributed by atoms with E-state index in [2.05, 4.69) is 0 Å². The molecule has 0 aromatic heterocycles. The van der Waals surface area contributed by atoms with Gasteiger partial charge >= 0.3 is 5.97 Å². The first-order chi connectivity index (χ1) is 16.2. The van der Waals surface area contributed by atoms with E-state index in [-0.39, 0.29) is 21.7 Å². The number of β-lactam (4-membered cyclic amide) rings is 1. The van der Waals surface area contributed by atoms with Crippen molar-refractivity contribution in [1.82, 2.24) is 4.90 Å². The first kappa shape index (κ1) is 24.6. The Kier molecular flexibility index (Phi) is 6.95. The quantitative estimate of drug-likeness (QED) is 0.319. The molecule has 0 saturated carbocycles. The highest BCUT2D eigenvalue weighted by Gasteiger charge is 2.58. The van der Waals surface area contributed by atoms with Crippen molar-refractivity contribution in [3.63, 3.8) is 0 Å². The summed E-state index contributed by atoms with van der Waals surface area (Å²) < 4.78 is 36.0. The Bertz CT molecular complexity index is 1240. The molecule has 2 aliphatic heterocycles. The molecule has 0 spiro atoms. The molecule has 1 saturated heterocycles. The summed E-state index contributed by atoms with van der Waals surface area (Å²) in [4.78, 5) is 25.9. The zero-order chi connectivity index (χ0) is 24.6. The highest BCUT2D eigenvalue weighted by molar-refractivity contribution is 8.01. The van der Waals surface area contributed by atoms with Gasteiger partial charge in [0.05, 0.1) is 12.0 Å². The summed E-state index contributed by atoms with van der Waals surface area (Å²) in [6, 6.07) is 13.4. The lowest BCUT2D eigenvalue weighted by Gasteiger charge is -2.50. The van der Waals surface area contributed by atoms with Crippen molar-refractivity contribution in [2.45, 2.75) is 35.0 Å². The molecule has 4 rings (SSSR count). The van der Waals surface area contributed by atoms with Crippen molar-refractivity contribution < 1.29 is 32.0 Å². The van der Waals surface area contributed by atoms with Gasteiger partial charge in [-0.2, -0.15) is 8.42 Å². The molecule has 2 aromatic carbocycles. The number of carbonyl (C=O) groups is 2. The van der Waals surface area contributed by atoms with Crippen molar-refractivity contribution in [2.24, 2.45) is 0 Å². The summed E-state index contributed by atoms with van der Waals surface area (Å²) in [6.45, 7) is 1.82. The Morgan fingerprint density at radius 3 is 2.35 bits per heavy atom. The fourth-order valence-corrected chi connectivity index (χ4v) is 7.03. The number of carbonyl (C=O) groups excluding carboxylic acids is 1. The number of nitrogens with zero attached hydrogens (tertiary/aromatic N) is 1. The van der Waals surface area contributed by atoms with Crippen molar-refractivity contribution in [3.05, 3.63) is 70.9 Å². The molecule has 180 valence electrons. The van der Waals surface area contributed by atoms with E-state index in [1.54, 1.807) is 31.4 Å². The maximum absolute atomic E-state index is 12.8. The van der Waals surface area contributed by atoms with Crippen LogP contribution >= 0.6 is 23.4 Å². The molecule has 3 atom stereocenters. The van der Waals surface area contributed by atoms with E-state index < -0.39 is 33.5 Å². The third-order valence-electron chi connectivity index (χ3n) is 5.70. The van der Waals surface area contributed by atoms with E-state index >= 15 is 0 Å². The zero-order valence-electron chi connectivity index (χ0n) is 18.3. The minimum atomic E-state index is -4.23. The average Bonchev–Trinajstić information content (AvgIpc) is 2.82. The maximum atomic E-state index is 12.8. The van der Waals surface area contributed by atoms with Crippen molar-refractivity contribution in [2.75, 3.05) is 13.0 Å². The number of amides is 1. The Labute approximate surface area is 206 Å². The fraction of sp³-hybridized carbons (Fsp3) is 0.304. The molecule has 8 nitrogen and oxygen atoms in total. The van der Waals surface area contributed by atoms with E-state index in [1.165, 1.54) is 23.9 Å². The minimum absolute atomic E-state index is 0.0737. The molecule has 11 heteroatoms. The van der Waals surface area contributed by atoms with Gasteiger partial charge in [-0.25, -0.2) is 8.98 Å². The number of thioether (sulfide) groups is 1. The lowest BCUT2D eigenvalue weighted by atomic mass is 9.99. The summed E-state index contributed by atoms with van der Waals surface area (Å²) >= 11 is 7.40. The number of carboxylic acid groups (broad SMARTS) is 1. The minimum Gasteiger partial charge on any atom is -0.497 e. The second-order valence-corrected chi connectivity index (χ2v) is 11.0. The van der Waals surface area contributed by atoms with Gasteiger partial charge < -0.3 is 9.84 Å². The SMILES string of the molecule is COc1ccc(CC2S[C@@H]3[C@@H](OS(=O)(=O)c4ccc(C)cc4)C(=O)N3C(C(=O)O)=C2CCl)cc1. The average molecular weight is 524 g/mol. The number of rotatable bonds is 8. The predicted molar refractivity (Wildman–Crippen MR) is 127 cm³/mol. The Hall–Kier alpha value is -2.53. The zero-order valence-corrected chi connectivity index (χ0v) is 20.7. The van der Waals surface area contributed by atoms with Crippen LogP contribution in [-0.4, -0.2) is 60.0 Å². The van der Waals surface area contributed by atoms with Crippen LogP contribution in [0.25, 0.3) is 0 Å². The van der Waals surface area contributed by atoms with Gasteiger partial charge in [-0.05, 0) is 48.7 Å². The summed E-state index contributed by atoms with van der Waals surface area (Å²) in [5, 5.41) is 8.66. The molecule has 2 aliphatic rings. The van der Waals surface area contributed by atoms with Crippen LogP contribution in [0.4, 0.5) is 0 Å². The molecule has 2 heterocycles. The number of benzene rings is 2. The van der Waals surface area contributed by atoms with E-state index in [9.17, 15) is 23.1 Å². The van der Waals surface area contributed by atoms with E-state index in [1.807, 2.05) is 19.1 Å². The van der Waals surface area contributed by atoms with Gasteiger partial charge in [0.25, 0.3) is 16.0 Å². The smallest absolute Gasteiger partial charge is 0.352 e. The van der Waals surface area contributed by atoms with Crippen LogP contribution in [0, 0.1) is 6.92 Å². The second kappa shape index (κ2) is 9.61. The maximum Gasteiger partial charge on any atom is 0.352 e. The Morgan fingerprint density at radius 1 is 1.15 bits per heavy atom. The summed E-state index contributed by atoms with van der Waals surface area (Å²) in [5.74, 6) is -1.42. The number of hydrogen-bond acceptors (Lipinski definition) is 7. The number of hydrogen-bond donors (Lipinski definition) is 1. The van der Waals surface area contributed by atoms with E-state index in [0.717, 1.165) is 16.0 Å². The van der Waals surface area contributed by atoms with Gasteiger partial charge in [-0.3, -0.25) is 9.69 Å². The van der Waals surface area contributed by atoms with Crippen LogP contribution in [0.5, 0.6) is 5.75 Å². The summed E-state index contributed by atoms with van der Waals surface area (Å²) in [7, 11) is -2.66. The molecular formula is C23H22ClNO7S2. The van der Waals surface area contributed by atoms with Crippen LogP contribution in [0.15, 0.2) is 64.7 Å². The molecule has 1 N–H and O–H groups in total. The van der Waals surface area contributed by atoms with Gasteiger partial charge in [0.15, 0.2) is 6.10 Å². The first-order valence-corrected chi connectivity index (χ1v) is 13.2. The first-order valence-electron chi connectivity index (χ1n) is 10.3.